The van der Waals surface area contributed by atoms with Gasteiger partial charge in [0.25, 0.3) is 0 Å². The van der Waals surface area contributed by atoms with Crippen LogP contribution in [0.2, 0.25) is 0 Å². The highest BCUT2D eigenvalue weighted by Crippen LogP contribution is 2.21. The van der Waals surface area contributed by atoms with Crippen LogP contribution in [-0.4, -0.2) is 33.3 Å². The molecule has 0 saturated carbocycles. The quantitative estimate of drug-likeness (QED) is 0.591. The number of thioether (sulfide) groups is 1. The third kappa shape index (κ3) is 4.80. The topological polar surface area (TPSA) is 54.5 Å². The van der Waals surface area contributed by atoms with E-state index in [2.05, 4.69) is 0 Å². The zero-order valence-corrected chi connectivity index (χ0v) is 14.3. The van der Waals surface area contributed by atoms with E-state index in [9.17, 15) is 17.6 Å². The van der Waals surface area contributed by atoms with Gasteiger partial charge in [0.05, 0.1) is 17.7 Å². The van der Waals surface area contributed by atoms with Crippen molar-refractivity contribution in [2.45, 2.75) is 4.90 Å². The van der Waals surface area contributed by atoms with Crippen LogP contribution in [0.5, 0.6) is 0 Å². The van der Waals surface area contributed by atoms with Crippen LogP contribution in [-0.2, 0) is 10.0 Å². The first-order valence-electron chi connectivity index (χ1n) is 6.73. The Morgan fingerprint density at radius 3 is 2.17 bits per heavy atom. The second-order valence-electron chi connectivity index (χ2n) is 4.94. The zero-order chi connectivity index (χ0) is 17.0. The minimum atomic E-state index is -3.33. The van der Waals surface area contributed by atoms with Gasteiger partial charge in [-0.3, -0.25) is 9.10 Å². The number of halogens is 1. The van der Waals surface area contributed by atoms with Crippen LogP contribution < -0.4 is 4.31 Å². The van der Waals surface area contributed by atoms with E-state index in [1.165, 1.54) is 30.9 Å². The highest BCUT2D eigenvalue weighted by atomic mass is 32.2. The van der Waals surface area contributed by atoms with Crippen LogP contribution in [0.15, 0.2) is 53.4 Å². The molecule has 0 spiro atoms. The molecule has 0 atom stereocenters. The molecule has 0 fully saturated rings. The number of carbonyl (C=O) groups is 1. The molecular formula is C16H16FNO3S2. The second kappa shape index (κ2) is 7.14. The molecule has 0 unspecified atom stereocenters. The summed E-state index contributed by atoms with van der Waals surface area (Å²) >= 11 is 1.32. The van der Waals surface area contributed by atoms with Gasteiger partial charge in [-0.15, -0.1) is 11.8 Å². The van der Waals surface area contributed by atoms with E-state index in [0.717, 1.165) is 15.5 Å². The number of hydrogen-bond acceptors (Lipinski definition) is 4. The van der Waals surface area contributed by atoms with Crippen LogP contribution >= 0.6 is 11.8 Å². The number of nitrogens with zero attached hydrogens (tertiary/aromatic N) is 1. The summed E-state index contributed by atoms with van der Waals surface area (Å²) in [5.41, 5.74) is 1.00. The smallest absolute Gasteiger partial charge is 0.231 e. The Hall–Kier alpha value is -1.86. The van der Waals surface area contributed by atoms with Gasteiger partial charge in [0, 0.05) is 17.5 Å². The fourth-order valence-corrected chi connectivity index (χ4v) is 3.11. The molecule has 0 N–H and O–H groups in total. The van der Waals surface area contributed by atoms with Gasteiger partial charge in [-0.25, -0.2) is 12.8 Å². The first-order chi connectivity index (χ1) is 10.8. The molecule has 0 saturated heterocycles. The van der Waals surface area contributed by atoms with Gasteiger partial charge < -0.3 is 0 Å². The molecule has 2 rings (SSSR count). The lowest BCUT2D eigenvalue weighted by Crippen LogP contribution is -2.24. The second-order valence-corrected chi connectivity index (χ2v) is 8.01. The number of sulfonamides is 1. The van der Waals surface area contributed by atoms with Crippen molar-refractivity contribution in [1.82, 2.24) is 0 Å². The molecule has 0 aliphatic rings. The predicted octanol–water partition coefficient (Wildman–Crippen LogP) is 3.20. The summed E-state index contributed by atoms with van der Waals surface area (Å²) in [6, 6.07) is 12.3. The zero-order valence-electron chi connectivity index (χ0n) is 12.7. The van der Waals surface area contributed by atoms with Crippen molar-refractivity contribution in [3.63, 3.8) is 0 Å². The van der Waals surface area contributed by atoms with E-state index in [1.807, 2.05) is 0 Å². The van der Waals surface area contributed by atoms with Gasteiger partial charge in [-0.05, 0) is 48.5 Å². The van der Waals surface area contributed by atoms with Crippen molar-refractivity contribution in [3.8, 4) is 0 Å². The van der Waals surface area contributed by atoms with E-state index in [-0.39, 0.29) is 17.4 Å². The molecule has 2 aromatic rings. The molecule has 4 nitrogen and oxygen atoms in total. The minimum Gasteiger partial charge on any atom is -0.293 e. The van der Waals surface area contributed by atoms with Crippen LogP contribution in [0.1, 0.15) is 10.4 Å². The van der Waals surface area contributed by atoms with Crippen molar-refractivity contribution in [2.24, 2.45) is 0 Å². The largest absolute Gasteiger partial charge is 0.293 e. The lowest BCUT2D eigenvalue weighted by molar-refractivity contribution is 0.102. The monoisotopic (exact) mass is 353 g/mol. The van der Waals surface area contributed by atoms with Crippen LogP contribution in [0, 0.1) is 5.82 Å². The summed E-state index contributed by atoms with van der Waals surface area (Å²) < 4.78 is 36.9. The third-order valence-electron chi connectivity index (χ3n) is 3.23. The summed E-state index contributed by atoms with van der Waals surface area (Å²) in [6.45, 7) is 0. The van der Waals surface area contributed by atoms with Crippen molar-refractivity contribution >= 4 is 33.3 Å². The average Bonchev–Trinajstić information content (AvgIpc) is 2.52. The number of benzene rings is 2. The summed E-state index contributed by atoms with van der Waals surface area (Å²) in [7, 11) is -1.87. The normalized spacial score (nSPS) is 11.3. The molecule has 7 heteroatoms. The van der Waals surface area contributed by atoms with Crippen LogP contribution in [0.4, 0.5) is 10.1 Å². The lowest BCUT2D eigenvalue weighted by Gasteiger charge is -2.16. The number of ketones is 1. The molecule has 0 amide bonds. The maximum absolute atomic E-state index is 12.8. The standard InChI is InChI=1S/C16H16FNO3S2/c1-18(23(2,20)21)14-7-3-12(4-8-14)16(19)11-22-15-9-5-13(17)6-10-15/h3-10H,11H2,1-2H3. The Morgan fingerprint density at radius 1 is 1.09 bits per heavy atom. The van der Waals surface area contributed by atoms with Gasteiger partial charge in [0.1, 0.15) is 5.82 Å². The molecule has 0 heterocycles. The van der Waals surface area contributed by atoms with Crippen molar-refractivity contribution in [3.05, 3.63) is 59.9 Å². The van der Waals surface area contributed by atoms with E-state index in [0.29, 0.717) is 11.3 Å². The molecule has 0 bridgehead atoms. The van der Waals surface area contributed by atoms with Gasteiger partial charge in [-0.2, -0.15) is 0 Å². The Bertz CT molecular complexity index is 787. The molecule has 0 aliphatic heterocycles. The van der Waals surface area contributed by atoms with Crippen molar-refractivity contribution in [1.29, 1.82) is 0 Å². The number of Topliss-reactive ketones (excluding diaryl/α,β-unsaturated/α-hetero) is 1. The number of carbonyl (C=O) groups excluding carboxylic acids is 1. The van der Waals surface area contributed by atoms with Crippen molar-refractivity contribution in [2.75, 3.05) is 23.4 Å². The Balaban J connectivity index is 2.01. The van der Waals surface area contributed by atoms with Gasteiger partial charge in [-0.1, -0.05) is 0 Å². The summed E-state index contributed by atoms with van der Waals surface area (Å²) in [4.78, 5) is 12.9. The highest BCUT2D eigenvalue weighted by molar-refractivity contribution is 8.00. The Labute approximate surface area is 139 Å². The van der Waals surface area contributed by atoms with Gasteiger partial charge in [0.2, 0.25) is 10.0 Å². The SMILES string of the molecule is CN(c1ccc(C(=O)CSc2ccc(F)cc2)cc1)S(C)(=O)=O. The lowest BCUT2D eigenvalue weighted by atomic mass is 10.1. The average molecular weight is 353 g/mol. The van der Waals surface area contributed by atoms with Gasteiger partial charge in [0.15, 0.2) is 5.78 Å². The number of rotatable bonds is 6. The summed E-state index contributed by atoms with van der Waals surface area (Å²) in [5, 5.41) is 0. The van der Waals surface area contributed by atoms with E-state index in [4.69, 9.17) is 0 Å². The summed E-state index contributed by atoms with van der Waals surface area (Å²) in [6.07, 6.45) is 1.12. The molecule has 0 aliphatic carbocycles. The summed E-state index contributed by atoms with van der Waals surface area (Å²) in [5.74, 6) is -0.161. The molecule has 0 aromatic heterocycles. The van der Waals surface area contributed by atoms with Gasteiger partial charge >= 0.3 is 0 Å². The predicted molar refractivity (Wildman–Crippen MR) is 91.1 cm³/mol. The maximum Gasteiger partial charge on any atom is 0.231 e. The van der Waals surface area contributed by atoms with Crippen molar-refractivity contribution < 1.29 is 17.6 Å². The fourth-order valence-electron chi connectivity index (χ4n) is 1.81. The molecule has 23 heavy (non-hydrogen) atoms. The molecular weight excluding hydrogens is 337 g/mol. The number of hydrogen-bond donors (Lipinski definition) is 0. The Kier molecular flexibility index (Phi) is 5.43. The first-order valence-corrected chi connectivity index (χ1v) is 9.56. The molecule has 0 radical (unpaired) electrons. The highest BCUT2D eigenvalue weighted by Gasteiger charge is 2.13. The number of anilines is 1. The van der Waals surface area contributed by atoms with Crippen LogP contribution in [0.3, 0.4) is 0 Å². The fraction of sp³-hybridized carbons (Fsp3) is 0.188. The van der Waals surface area contributed by atoms with E-state index in [1.54, 1.807) is 36.4 Å². The van der Waals surface area contributed by atoms with E-state index < -0.39 is 10.0 Å². The Morgan fingerprint density at radius 2 is 1.65 bits per heavy atom. The molecule has 2 aromatic carbocycles. The van der Waals surface area contributed by atoms with Crippen LogP contribution in [0.25, 0.3) is 0 Å². The minimum absolute atomic E-state index is 0.0760. The third-order valence-corrected chi connectivity index (χ3v) is 5.45. The first kappa shape index (κ1) is 17.5. The van der Waals surface area contributed by atoms with E-state index >= 15 is 0 Å². The molecule has 122 valence electrons. The maximum atomic E-state index is 12.8.